The molecule has 2 heterocycles. The topological polar surface area (TPSA) is 80.2 Å². The van der Waals surface area contributed by atoms with Crippen LogP contribution in [-0.4, -0.2) is 29.7 Å². The highest BCUT2D eigenvalue weighted by molar-refractivity contribution is 5.91. The van der Waals surface area contributed by atoms with E-state index >= 15 is 0 Å². The van der Waals surface area contributed by atoms with Crippen LogP contribution in [-0.2, 0) is 20.7 Å². The average Bonchev–Trinajstić information content (AvgIpc) is 3.44. The number of aryl methyl sites for hydroxylation is 3. The lowest BCUT2D eigenvalue weighted by Gasteiger charge is -2.42. The number of carbonyl (C=O) groups is 1. The molecule has 1 spiro atoms. The number of amidine groups is 1. The Morgan fingerprint density at radius 1 is 1.05 bits per heavy atom. The minimum Gasteiger partial charge on any atom is -0.478 e. The van der Waals surface area contributed by atoms with Gasteiger partial charge in [0.05, 0.1) is 7.11 Å². The summed E-state index contributed by atoms with van der Waals surface area (Å²) in [5, 5.41) is 16.5. The van der Waals surface area contributed by atoms with Gasteiger partial charge < -0.3 is 19.9 Å². The molecule has 1 fully saturated rings. The predicted octanol–water partition coefficient (Wildman–Crippen LogP) is 5.56. The van der Waals surface area contributed by atoms with Crippen LogP contribution in [0.1, 0.15) is 65.5 Å². The van der Waals surface area contributed by atoms with Crippen molar-refractivity contribution in [1.29, 1.82) is 0 Å². The normalized spacial score (nSPS) is 30.1. The van der Waals surface area contributed by atoms with Crippen molar-refractivity contribution in [3.63, 3.8) is 0 Å². The number of rotatable bonds is 6. The number of nitrogens with one attached hydrogen (secondary N) is 1. The number of aliphatic hydroxyl groups is 1. The van der Waals surface area contributed by atoms with E-state index in [4.69, 9.17) is 14.5 Å². The Bertz CT molecular complexity index is 1470. The highest BCUT2D eigenvalue weighted by Crippen LogP contribution is 2.74. The highest BCUT2D eigenvalue weighted by atomic mass is 16.5. The van der Waals surface area contributed by atoms with Crippen molar-refractivity contribution in [2.45, 2.75) is 69.7 Å². The van der Waals surface area contributed by atoms with Crippen LogP contribution in [0, 0.1) is 26.7 Å². The molecular weight excluding hydrogens is 488 g/mol. The first-order valence-corrected chi connectivity index (χ1v) is 13.8. The van der Waals surface area contributed by atoms with Crippen LogP contribution >= 0.6 is 0 Å². The van der Waals surface area contributed by atoms with Gasteiger partial charge in [0.25, 0.3) is 0 Å². The largest absolute Gasteiger partial charge is 0.478 e. The standard InChI is InChI=1S/C33H36N2O4/c1-6-7-13-26-34-32-27-22(4)18-21(3)19-25(27)39-31(32,24-16-14-20(2)15-17-24)28(23-11-9-8-10-12-23)29(30(36)38-5)33(32,37)35-26/h8-12,14-19,28-29,37H,6-7,13H2,1-5H3,(H,34,35)/t28-,29+,31+,32-,33-/m1/s1. The summed E-state index contributed by atoms with van der Waals surface area (Å²) in [4.78, 5) is 19.3. The van der Waals surface area contributed by atoms with E-state index < -0.39 is 34.7 Å². The van der Waals surface area contributed by atoms with E-state index in [1.165, 1.54) is 7.11 Å². The monoisotopic (exact) mass is 524 g/mol. The summed E-state index contributed by atoms with van der Waals surface area (Å²) in [6, 6.07) is 22.2. The maximum absolute atomic E-state index is 13.8. The van der Waals surface area contributed by atoms with Gasteiger partial charge in [-0.05, 0) is 55.5 Å². The summed E-state index contributed by atoms with van der Waals surface area (Å²) < 4.78 is 12.6. The van der Waals surface area contributed by atoms with Crippen molar-refractivity contribution in [3.05, 3.63) is 100 Å². The zero-order valence-corrected chi connectivity index (χ0v) is 23.2. The van der Waals surface area contributed by atoms with E-state index in [-0.39, 0.29) is 0 Å². The van der Waals surface area contributed by atoms with Crippen molar-refractivity contribution in [2.75, 3.05) is 7.11 Å². The zero-order chi connectivity index (χ0) is 27.6. The van der Waals surface area contributed by atoms with E-state index in [2.05, 4.69) is 42.6 Å². The smallest absolute Gasteiger partial charge is 0.314 e. The molecule has 3 aromatic carbocycles. The van der Waals surface area contributed by atoms with Crippen LogP contribution in [0.4, 0.5) is 0 Å². The molecule has 0 aromatic heterocycles. The van der Waals surface area contributed by atoms with Crippen LogP contribution in [0.2, 0.25) is 0 Å². The third-order valence-electron chi connectivity index (χ3n) is 8.89. The van der Waals surface area contributed by atoms with Gasteiger partial charge in [0, 0.05) is 17.9 Å². The molecule has 6 nitrogen and oxygen atoms in total. The lowest BCUT2D eigenvalue weighted by Crippen LogP contribution is -2.62. The van der Waals surface area contributed by atoms with Crippen LogP contribution in [0.25, 0.3) is 0 Å². The molecule has 6 heteroatoms. The Labute approximate surface area is 230 Å². The molecule has 2 N–H and O–H groups in total. The molecule has 0 bridgehead atoms. The van der Waals surface area contributed by atoms with Crippen LogP contribution in [0.5, 0.6) is 5.75 Å². The Morgan fingerprint density at radius 3 is 2.44 bits per heavy atom. The zero-order valence-electron chi connectivity index (χ0n) is 23.2. The molecule has 6 rings (SSSR count). The molecule has 0 unspecified atom stereocenters. The first kappa shape index (κ1) is 25.6. The second-order valence-corrected chi connectivity index (χ2v) is 11.3. The van der Waals surface area contributed by atoms with Crippen molar-refractivity contribution in [1.82, 2.24) is 5.32 Å². The number of benzene rings is 3. The van der Waals surface area contributed by atoms with Gasteiger partial charge in [-0.3, -0.25) is 9.79 Å². The highest BCUT2D eigenvalue weighted by Gasteiger charge is 2.86. The second kappa shape index (κ2) is 8.95. The number of carbonyl (C=O) groups excluding carboxylic acids is 1. The predicted molar refractivity (Wildman–Crippen MR) is 151 cm³/mol. The van der Waals surface area contributed by atoms with Gasteiger partial charge in [-0.2, -0.15) is 0 Å². The molecule has 0 amide bonds. The maximum Gasteiger partial charge on any atom is 0.314 e. The van der Waals surface area contributed by atoms with E-state index in [9.17, 15) is 9.90 Å². The molecular formula is C33H36N2O4. The SMILES string of the molecule is CCCCC1=N[C@]23c4c(C)cc(C)cc4O[C@@]2(c2ccc(C)cc2)[C@H](c2ccccc2)[C@@H](C(=O)OC)[C@]3(O)N1. The molecule has 0 radical (unpaired) electrons. The molecule has 0 saturated heterocycles. The van der Waals surface area contributed by atoms with Crippen LogP contribution in [0.3, 0.4) is 0 Å². The van der Waals surface area contributed by atoms with Crippen LogP contribution in [0.15, 0.2) is 71.7 Å². The summed E-state index contributed by atoms with van der Waals surface area (Å²) in [6.45, 7) is 8.26. The van der Waals surface area contributed by atoms with Gasteiger partial charge in [-0.25, -0.2) is 0 Å². The minimum absolute atomic E-state index is 0.499. The first-order valence-electron chi connectivity index (χ1n) is 13.8. The molecule has 202 valence electrons. The van der Waals surface area contributed by atoms with Crippen LogP contribution < -0.4 is 10.1 Å². The average molecular weight is 525 g/mol. The fraction of sp³-hybridized carbons (Fsp3) is 0.394. The molecule has 39 heavy (non-hydrogen) atoms. The number of methoxy groups -OCH3 is 1. The number of unbranched alkanes of at least 4 members (excludes halogenated alkanes) is 1. The van der Waals surface area contributed by atoms with Gasteiger partial charge in [0.1, 0.15) is 17.5 Å². The van der Waals surface area contributed by atoms with Crippen molar-refractivity contribution in [2.24, 2.45) is 10.9 Å². The number of aliphatic imine (C=N–C) groups is 1. The quantitative estimate of drug-likeness (QED) is 0.413. The minimum atomic E-state index is -1.79. The first-order chi connectivity index (χ1) is 18.7. The second-order valence-electron chi connectivity index (χ2n) is 11.3. The lowest BCUT2D eigenvalue weighted by molar-refractivity contribution is -0.158. The van der Waals surface area contributed by atoms with Crippen molar-refractivity contribution >= 4 is 11.8 Å². The van der Waals surface area contributed by atoms with Gasteiger partial charge in [-0.15, -0.1) is 0 Å². The van der Waals surface area contributed by atoms with Gasteiger partial charge in [0.15, 0.2) is 16.9 Å². The van der Waals surface area contributed by atoms with E-state index in [1.807, 2.05) is 57.2 Å². The van der Waals surface area contributed by atoms with E-state index in [0.717, 1.165) is 46.2 Å². The maximum atomic E-state index is 13.8. The third-order valence-corrected chi connectivity index (χ3v) is 8.89. The van der Waals surface area contributed by atoms with Gasteiger partial charge in [-0.1, -0.05) is 79.6 Å². The number of nitrogens with zero attached hydrogens (tertiary/aromatic N) is 1. The van der Waals surface area contributed by atoms with E-state index in [0.29, 0.717) is 18.0 Å². The van der Waals surface area contributed by atoms with Gasteiger partial charge >= 0.3 is 5.97 Å². The lowest BCUT2D eigenvalue weighted by atomic mass is 9.68. The van der Waals surface area contributed by atoms with Crippen molar-refractivity contribution < 1.29 is 19.4 Å². The number of fused-ring (bicyclic) bond motifs is 1. The number of hydrogen-bond acceptors (Lipinski definition) is 6. The van der Waals surface area contributed by atoms with Crippen molar-refractivity contribution in [3.8, 4) is 5.75 Å². The molecule has 1 saturated carbocycles. The Kier molecular flexibility index (Phi) is 5.88. The Hall–Kier alpha value is -3.64. The summed E-state index contributed by atoms with van der Waals surface area (Å²) in [5.74, 6) is -0.718. The summed E-state index contributed by atoms with van der Waals surface area (Å²) in [6.07, 6.45) is 2.55. The number of ether oxygens (including phenoxy) is 2. The fourth-order valence-corrected chi connectivity index (χ4v) is 7.44. The summed E-state index contributed by atoms with van der Waals surface area (Å²) in [7, 11) is 1.38. The number of hydrogen-bond donors (Lipinski definition) is 2. The molecule has 1 aliphatic carbocycles. The Balaban J connectivity index is 1.78. The molecule has 3 aromatic rings. The fourth-order valence-electron chi connectivity index (χ4n) is 7.44. The summed E-state index contributed by atoms with van der Waals surface area (Å²) >= 11 is 0. The summed E-state index contributed by atoms with van der Waals surface area (Å²) in [5.41, 5.74) is 1.36. The Morgan fingerprint density at radius 2 is 1.77 bits per heavy atom. The van der Waals surface area contributed by atoms with E-state index in [1.54, 1.807) is 0 Å². The van der Waals surface area contributed by atoms with Gasteiger partial charge in [0.2, 0.25) is 0 Å². The third kappa shape index (κ3) is 3.24. The molecule has 3 aliphatic rings. The molecule has 5 atom stereocenters. The number of esters is 1. The molecule has 2 aliphatic heterocycles.